The molecule has 10 aliphatic rings. The van der Waals surface area contributed by atoms with Crippen LogP contribution in [0.25, 0.3) is 0 Å². The van der Waals surface area contributed by atoms with E-state index in [1.54, 1.807) is 0 Å². The van der Waals surface area contributed by atoms with Crippen molar-refractivity contribution in [2.45, 2.75) is 260 Å². The van der Waals surface area contributed by atoms with Crippen molar-refractivity contribution >= 4 is 5.97 Å². The Bertz CT molecular complexity index is 2330. The van der Waals surface area contributed by atoms with E-state index in [1.807, 2.05) is 6.92 Å². The summed E-state index contributed by atoms with van der Waals surface area (Å²) in [6.07, 6.45) is -28.5. The molecular weight excluding hydrogens is 1110 g/mol. The number of hydrogen-bond acceptors (Lipinski definition) is 26. The van der Waals surface area contributed by atoms with Gasteiger partial charge < -0.3 is 124 Å². The predicted molar refractivity (Wildman–Crippen MR) is 283 cm³/mol. The molecule has 0 aromatic heterocycles. The van der Waals surface area contributed by atoms with Gasteiger partial charge in [-0.1, -0.05) is 53.2 Å². The molecule has 482 valence electrons. The molecule has 5 aliphatic heterocycles. The molecule has 0 unspecified atom stereocenters. The van der Waals surface area contributed by atoms with Gasteiger partial charge in [0.25, 0.3) is 0 Å². The van der Waals surface area contributed by atoms with Crippen LogP contribution in [0.4, 0.5) is 0 Å². The van der Waals surface area contributed by atoms with Gasteiger partial charge in [-0.15, -0.1) is 0 Å². The number of esters is 1. The first kappa shape index (κ1) is 65.2. The lowest BCUT2D eigenvalue weighted by molar-refractivity contribution is -0.361. The Labute approximate surface area is 488 Å². The van der Waals surface area contributed by atoms with Crippen LogP contribution in [-0.4, -0.2) is 263 Å². The smallest absolute Gasteiger partial charge is 0.315 e. The van der Waals surface area contributed by atoms with E-state index in [2.05, 4.69) is 40.7 Å². The number of carbonyl (C=O) groups excluding carboxylic acids is 1. The van der Waals surface area contributed by atoms with E-state index >= 15 is 4.79 Å². The minimum Gasteiger partial charge on any atom is -0.432 e. The van der Waals surface area contributed by atoms with E-state index in [0.717, 1.165) is 12.8 Å². The monoisotopic (exact) mass is 1210 g/mol. The van der Waals surface area contributed by atoms with Crippen molar-refractivity contribution in [3.05, 3.63) is 11.6 Å². The summed E-state index contributed by atoms with van der Waals surface area (Å²) >= 11 is 0. The van der Waals surface area contributed by atoms with E-state index in [-0.39, 0.29) is 53.8 Å². The molecule has 5 heterocycles. The number of rotatable bonds is 13. The summed E-state index contributed by atoms with van der Waals surface area (Å²) in [6.45, 7) is 12.5. The second kappa shape index (κ2) is 24.1. The summed E-state index contributed by atoms with van der Waals surface area (Å²) in [7, 11) is 0. The zero-order valence-corrected chi connectivity index (χ0v) is 49.0. The summed E-state index contributed by atoms with van der Waals surface area (Å²) in [5.74, 6) is -0.853. The second-order valence-electron chi connectivity index (χ2n) is 28.1. The van der Waals surface area contributed by atoms with Crippen LogP contribution in [0.3, 0.4) is 0 Å². The zero-order chi connectivity index (χ0) is 61.1. The maximum Gasteiger partial charge on any atom is 0.315 e. The van der Waals surface area contributed by atoms with Gasteiger partial charge in [0.05, 0.1) is 50.7 Å². The van der Waals surface area contributed by atoms with Gasteiger partial charge in [-0.2, -0.15) is 0 Å². The summed E-state index contributed by atoms with van der Waals surface area (Å²) in [5, 5.41) is 162. The second-order valence-corrected chi connectivity index (χ2v) is 28.1. The van der Waals surface area contributed by atoms with Crippen LogP contribution in [0.15, 0.2) is 11.6 Å². The summed E-state index contributed by atoms with van der Waals surface area (Å²) in [4.78, 5) is 15.2. The molecule has 26 heteroatoms. The molecule has 0 spiro atoms. The molecule has 9 fully saturated rings. The lowest BCUT2D eigenvalue weighted by atomic mass is 9.33. The summed E-state index contributed by atoms with van der Waals surface area (Å²) in [6, 6.07) is 0. The Balaban J connectivity index is 0.832. The average Bonchev–Trinajstić information content (AvgIpc) is 1.18. The van der Waals surface area contributed by atoms with E-state index in [1.165, 1.54) is 12.5 Å². The highest BCUT2D eigenvalue weighted by Crippen LogP contribution is 2.76. The minimum absolute atomic E-state index is 0.0631. The first-order valence-corrected chi connectivity index (χ1v) is 30.2. The highest BCUT2D eigenvalue weighted by atomic mass is 16.8. The van der Waals surface area contributed by atoms with E-state index in [0.29, 0.717) is 51.4 Å². The fourth-order valence-electron chi connectivity index (χ4n) is 17.3. The Kier molecular flexibility index (Phi) is 18.7. The van der Waals surface area contributed by atoms with Crippen molar-refractivity contribution in [2.75, 3.05) is 33.0 Å². The van der Waals surface area contributed by atoms with Gasteiger partial charge in [0.15, 0.2) is 25.2 Å². The maximum absolute atomic E-state index is 15.2. The topological polar surface area (TPSA) is 413 Å². The van der Waals surface area contributed by atoms with Gasteiger partial charge in [-0.05, 0) is 111 Å². The van der Waals surface area contributed by atoms with Crippen LogP contribution in [0.2, 0.25) is 0 Å². The highest BCUT2D eigenvalue weighted by Gasteiger charge is 2.71. The molecule has 0 bridgehead atoms. The first-order valence-electron chi connectivity index (χ1n) is 30.2. The zero-order valence-electron chi connectivity index (χ0n) is 49.0. The van der Waals surface area contributed by atoms with Crippen LogP contribution in [0.5, 0.6) is 0 Å². The van der Waals surface area contributed by atoms with Crippen LogP contribution >= 0.6 is 0 Å². The van der Waals surface area contributed by atoms with Gasteiger partial charge in [-0.25, -0.2) is 0 Å². The van der Waals surface area contributed by atoms with Crippen molar-refractivity contribution in [3.8, 4) is 0 Å². The van der Waals surface area contributed by atoms with E-state index in [4.69, 9.17) is 47.4 Å². The first-order chi connectivity index (χ1) is 39.4. The number of fused-ring (bicyclic) bond motifs is 7. The maximum atomic E-state index is 15.2. The normalized spacial score (nSPS) is 54.9. The molecule has 84 heavy (non-hydrogen) atoms. The van der Waals surface area contributed by atoms with Crippen LogP contribution in [-0.2, 0) is 52.2 Å². The number of allylic oxidation sites excluding steroid dienone is 2. The molecule has 4 saturated carbocycles. The van der Waals surface area contributed by atoms with Crippen LogP contribution < -0.4 is 0 Å². The Morgan fingerprint density at radius 1 is 0.571 bits per heavy atom. The van der Waals surface area contributed by atoms with Crippen molar-refractivity contribution in [1.82, 2.24) is 0 Å². The molecule has 5 saturated heterocycles. The number of carbonyl (C=O) groups is 1. The molecule has 26 nitrogen and oxygen atoms in total. The molecule has 0 radical (unpaired) electrons. The quantitative estimate of drug-likeness (QED) is 0.0499. The summed E-state index contributed by atoms with van der Waals surface area (Å²) in [5.41, 5.74) is -1.92. The fraction of sp³-hybridized carbons (Fsp3) is 0.948. The fourth-order valence-corrected chi connectivity index (χ4v) is 17.3. The number of aliphatic hydroxyl groups excluding tert-OH is 15. The number of ether oxygens (including phenoxy) is 10. The number of hydrogen-bond donors (Lipinski definition) is 15. The number of aliphatic hydroxyl groups is 15. The third kappa shape index (κ3) is 10.9. The van der Waals surface area contributed by atoms with Gasteiger partial charge in [0.1, 0.15) is 104 Å². The Morgan fingerprint density at radius 2 is 1.18 bits per heavy atom. The highest BCUT2D eigenvalue weighted by molar-refractivity contribution is 5.79. The van der Waals surface area contributed by atoms with E-state index in [9.17, 15) is 76.6 Å². The lowest BCUT2D eigenvalue weighted by Gasteiger charge is -2.71. The molecule has 32 atom stereocenters. The third-order valence-corrected chi connectivity index (χ3v) is 22.8. The van der Waals surface area contributed by atoms with Crippen molar-refractivity contribution in [3.63, 3.8) is 0 Å². The predicted octanol–water partition coefficient (Wildman–Crippen LogP) is -2.93. The standard InChI is InChI=1S/C58H94O26/c1-24-34(63)38(67)42(71)49(78-24)82-45-29(19-59)79-47(44(73)40(45)69)77-22-30-37(66)39(68)43(72)50(80-30)84-52(74)58-16-14-53(2,3)18-26(58)25-8-9-32-54(4)12-11-33(55(5,23-60)31(54)10-13-57(32,7)56(25,6)15-17-58)81-51-46(36(65)28(62)21-76-51)83-48-41(70)35(64)27(61)20-75-48/h8,24,26-51,59-73H,9-23H2,1-7H3/t24-,26-,27+,28-,29+,30+,31+,32+,33-,34-,35-,36-,37+,38+,39-,40+,41+,42+,43+,44+,45+,46+,47+,48-,49-,50-,51-,54-,55-,56+,57+,58-/m0/s1. The Hall–Kier alpha value is -1.75. The lowest BCUT2D eigenvalue weighted by Crippen LogP contribution is -2.67. The minimum atomic E-state index is -1.90. The summed E-state index contributed by atoms with van der Waals surface area (Å²) < 4.78 is 59.1. The van der Waals surface area contributed by atoms with Gasteiger partial charge >= 0.3 is 5.97 Å². The third-order valence-electron chi connectivity index (χ3n) is 22.8. The molecule has 15 N–H and O–H groups in total. The molecule has 0 aromatic rings. The molecule has 0 aromatic carbocycles. The van der Waals surface area contributed by atoms with Crippen LogP contribution in [0, 0.1) is 50.2 Å². The Morgan fingerprint density at radius 3 is 1.87 bits per heavy atom. The van der Waals surface area contributed by atoms with Crippen molar-refractivity contribution in [1.29, 1.82) is 0 Å². The van der Waals surface area contributed by atoms with Gasteiger partial charge in [0, 0.05) is 5.41 Å². The average molecular weight is 1210 g/mol. The SMILES string of the molecule is C[C@@H]1O[C@@H](O[C@H]2[C@H](O)[C@@H](O)[C@H](OC[C@H]3O[C@@H](OC(=O)[C@]45CCC(C)(C)C[C@H]4C4=CC[C@@H]6[C@@]7(C)CC[C@H](O[C@@H]8OC[C@H](O)[C@H](O)[C@H]8O[C@@H]8OC[C@@H](O)[C@H](O)[C@H]8O)[C@@](C)(CO)[C@@H]7CC[C@@]6(C)[C@]4(C)CC5)[C@H](O)[C@@H](O)[C@@H]3O)O[C@@H]2CO)[C@H](O)[C@H](O)[C@H]1O. The largest absolute Gasteiger partial charge is 0.432 e. The molecule has 10 rings (SSSR count). The van der Waals surface area contributed by atoms with Gasteiger partial charge in [0.2, 0.25) is 6.29 Å². The van der Waals surface area contributed by atoms with Crippen LogP contribution in [0.1, 0.15) is 113 Å². The molecule has 5 aliphatic carbocycles. The van der Waals surface area contributed by atoms with Gasteiger partial charge in [-0.3, -0.25) is 4.79 Å². The van der Waals surface area contributed by atoms with E-state index < -0.39 is 183 Å². The molecule has 0 amide bonds. The molecular formula is C58H94O26. The van der Waals surface area contributed by atoms with Crippen molar-refractivity contribution in [2.24, 2.45) is 50.2 Å². The van der Waals surface area contributed by atoms with Crippen molar-refractivity contribution < 1.29 is 129 Å².